The van der Waals surface area contributed by atoms with Crippen LogP contribution in [0.15, 0.2) is 10.9 Å². The molecule has 0 radical (unpaired) electrons. The highest BCUT2D eigenvalue weighted by molar-refractivity contribution is 5.28. The van der Waals surface area contributed by atoms with Crippen molar-refractivity contribution in [1.82, 2.24) is 4.73 Å². The molecule has 0 fully saturated rings. The summed E-state index contributed by atoms with van der Waals surface area (Å²) in [7, 11) is 0. The van der Waals surface area contributed by atoms with E-state index in [-0.39, 0.29) is 23.8 Å². The van der Waals surface area contributed by atoms with Crippen molar-refractivity contribution in [3.05, 3.63) is 33.2 Å². The molecule has 1 atom stereocenters. The van der Waals surface area contributed by atoms with E-state index in [9.17, 15) is 18.0 Å². The summed E-state index contributed by atoms with van der Waals surface area (Å²) in [6.45, 7) is 3.03. The van der Waals surface area contributed by atoms with E-state index >= 15 is 0 Å². The summed E-state index contributed by atoms with van der Waals surface area (Å²) < 4.78 is 39.1. The molecule has 1 aliphatic heterocycles. The first-order valence-corrected chi connectivity index (χ1v) is 4.79. The van der Waals surface area contributed by atoms with Gasteiger partial charge in [0.25, 0.3) is 0 Å². The Kier molecular flexibility index (Phi) is 2.25. The lowest BCUT2D eigenvalue weighted by molar-refractivity contribution is -0.151. The first-order valence-electron chi connectivity index (χ1n) is 4.79. The highest BCUT2D eigenvalue weighted by atomic mass is 19.4. The van der Waals surface area contributed by atoms with Crippen molar-refractivity contribution < 1.29 is 18.0 Å². The Hall–Kier alpha value is -1.46. The molecule has 6 heteroatoms. The van der Waals surface area contributed by atoms with Crippen LogP contribution in [0, 0.1) is 6.92 Å². The Morgan fingerprint density at radius 2 is 2.12 bits per heavy atom. The highest BCUT2D eigenvalue weighted by Crippen LogP contribution is 2.33. The third-order valence-corrected chi connectivity index (χ3v) is 2.67. The molecule has 0 saturated carbocycles. The Morgan fingerprint density at radius 3 is 2.69 bits per heavy atom. The van der Waals surface area contributed by atoms with Gasteiger partial charge >= 0.3 is 6.18 Å². The SMILES string of the molecule is Cc1c(C(F)(F)F)n2c(cc1=O)C(C)CO2. The zero-order valence-electron chi connectivity index (χ0n) is 8.76. The summed E-state index contributed by atoms with van der Waals surface area (Å²) in [5, 5.41) is 0. The summed E-state index contributed by atoms with van der Waals surface area (Å²) in [4.78, 5) is 16.4. The van der Waals surface area contributed by atoms with Gasteiger partial charge in [0.05, 0.1) is 5.69 Å². The third kappa shape index (κ3) is 1.48. The molecule has 0 spiro atoms. The van der Waals surface area contributed by atoms with Crippen molar-refractivity contribution in [2.24, 2.45) is 0 Å². The van der Waals surface area contributed by atoms with Gasteiger partial charge < -0.3 is 4.84 Å². The molecule has 3 nitrogen and oxygen atoms in total. The fourth-order valence-electron chi connectivity index (χ4n) is 1.78. The molecular weight excluding hydrogens is 223 g/mol. The summed E-state index contributed by atoms with van der Waals surface area (Å²) in [6, 6.07) is 1.21. The van der Waals surface area contributed by atoms with Crippen molar-refractivity contribution in [3.8, 4) is 0 Å². The minimum Gasteiger partial charge on any atom is -0.413 e. The van der Waals surface area contributed by atoms with Gasteiger partial charge in [0.2, 0.25) is 0 Å². The largest absolute Gasteiger partial charge is 0.435 e. The van der Waals surface area contributed by atoms with E-state index in [2.05, 4.69) is 0 Å². The number of hydrogen-bond donors (Lipinski definition) is 0. The maximum absolute atomic E-state index is 12.8. The molecule has 2 rings (SSSR count). The molecule has 1 unspecified atom stereocenters. The Balaban J connectivity index is 2.78. The number of alkyl halides is 3. The summed E-state index contributed by atoms with van der Waals surface area (Å²) >= 11 is 0. The van der Waals surface area contributed by atoms with E-state index in [1.807, 2.05) is 0 Å². The van der Waals surface area contributed by atoms with Gasteiger partial charge in [-0.15, -0.1) is 0 Å². The second-order valence-corrected chi connectivity index (χ2v) is 3.90. The predicted octanol–water partition coefficient (Wildman–Crippen LogP) is 1.72. The summed E-state index contributed by atoms with van der Waals surface area (Å²) in [6.07, 6.45) is -4.58. The number of rotatable bonds is 0. The lowest BCUT2D eigenvalue weighted by atomic mass is 10.1. The van der Waals surface area contributed by atoms with Crippen LogP contribution in [0.2, 0.25) is 0 Å². The van der Waals surface area contributed by atoms with E-state index in [0.29, 0.717) is 0 Å². The van der Waals surface area contributed by atoms with Gasteiger partial charge in [0.15, 0.2) is 11.1 Å². The van der Waals surface area contributed by atoms with E-state index in [1.54, 1.807) is 6.92 Å². The van der Waals surface area contributed by atoms with E-state index < -0.39 is 17.3 Å². The van der Waals surface area contributed by atoms with Gasteiger partial charge in [0.1, 0.15) is 6.61 Å². The number of aromatic nitrogens is 1. The Labute approximate surface area is 89.4 Å². The highest BCUT2D eigenvalue weighted by Gasteiger charge is 2.40. The van der Waals surface area contributed by atoms with Crippen LogP contribution >= 0.6 is 0 Å². The number of pyridine rings is 1. The van der Waals surface area contributed by atoms with Crippen LogP contribution in [0.3, 0.4) is 0 Å². The monoisotopic (exact) mass is 233 g/mol. The maximum atomic E-state index is 12.8. The number of nitrogens with zero attached hydrogens (tertiary/aromatic N) is 1. The second kappa shape index (κ2) is 3.26. The van der Waals surface area contributed by atoms with Crippen LogP contribution < -0.4 is 10.3 Å². The molecule has 0 bridgehead atoms. The zero-order valence-corrected chi connectivity index (χ0v) is 8.76. The molecule has 0 aliphatic carbocycles. The molecule has 88 valence electrons. The molecule has 0 saturated heterocycles. The molecule has 0 aromatic carbocycles. The molecule has 0 amide bonds. The molecule has 0 N–H and O–H groups in total. The number of fused-ring (bicyclic) bond motifs is 1. The Bertz CT molecular complexity index is 490. The lowest BCUT2D eigenvalue weighted by Crippen LogP contribution is -2.26. The van der Waals surface area contributed by atoms with E-state index in [0.717, 1.165) is 11.7 Å². The number of halogens is 3. The number of hydrogen-bond acceptors (Lipinski definition) is 2. The van der Waals surface area contributed by atoms with Crippen LogP contribution in [-0.4, -0.2) is 11.3 Å². The first kappa shape index (κ1) is 11.0. The third-order valence-electron chi connectivity index (χ3n) is 2.67. The standard InChI is InChI=1S/C10H10F3NO2/c1-5-4-16-14-7(5)3-8(15)6(2)9(14)10(11,12)13/h3,5H,4H2,1-2H3. The Morgan fingerprint density at radius 1 is 1.50 bits per heavy atom. The van der Waals surface area contributed by atoms with Crippen molar-refractivity contribution in [2.45, 2.75) is 25.9 Å². The van der Waals surface area contributed by atoms with Gasteiger partial charge in [-0.05, 0) is 6.92 Å². The van der Waals surface area contributed by atoms with E-state index in [4.69, 9.17) is 4.84 Å². The molecular formula is C10H10F3NO2. The maximum Gasteiger partial charge on any atom is 0.435 e. The first-order chi connectivity index (χ1) is 7.32. The average Bonchev–Trinajstić information content (AvgIpc) is 2.47. The van der Waals surface area contributed by atoms with E-state index in [1.165, 1.54) is 6.07 Å². The van der Waals surface area contributed by atoms with Crippen LogP contribution in [0.5, 0.6) is 0 Å². The molecule has 1 aromatic heterocycles. The zero-order chi connectivity index (χ0) is 12.1. The topological polar surface area (TPSA) is 31.2 Å². The van der Waals surface area contributed by atoms with Crippen LogP contribution in [0.1, 0.15) is 29.8 Å². The average molecular weight is 233 g/mol. The summed E-state index contributed by atoms with van der Waals surface area (Å²) in [5.41, 5.74) is -1.65. The fourth-order valence-corrected chi connectivity index (χ4v) is 1.78. The predicted molar refractivity (Wildman–Crippen MR) is 50.3 cm³/mol. The minimum atomic E-state index is -4.58. The lowest BCUT2D eigenvalue weighted by Gasteiger charge is -2.16. The van der Waals surface area contributed by atoms with Crippen molar-refractivity contribution in [2.75, 3.05) is 6.61 Å². The quantitative estimate of drug-likeness (QED) is 0.683. The van der Waals surface area contributed by atoms with Crippen molar-refractivity contribution in [3.63, 3.8) is 0 Å². The summed E-state index contributed by atoms with van der Waals surface area (Å²) in [5.74, 6) is -0.200. The van der Waals surface area contributed by atoms with Crippen LogP contribution in [0.25, 0.3) is 0 Å². The van der Waals surface area contributed by atoms with Gasteiger partial charge in [-0.3, -0.25) is 4.79 Å². The van der Waals surface area contributed by atoms with Gasteiger partial charge in [-0.25, -0.2) is 0 Å². The van der Waals surface area contributed by atoms with Gasteiger partial charge in [0, 0.05) is 17.5 Å². The second-order valence-electron chi connectivity index (χ2n) is 3.90. The van der Waals surface area contributed by atoms with Crippen molar-refractivity contribution >= 4 is 0 Å². The molecule has 16 heavy (non-hydrogen) atoms. The molecule has 1 aliphatic rings. The molecule has 2 heterocycles. The van der Waals surface area contributed by atoms with Crippen molar-refractivity contribution in [1.29, 1.82) is 0 Å². The fraction of sp³-hybridized carbons (Fsp3) is 0.500. The smallest absolute Gasteiger partial charge is 0.413 e. The normalized spacial score (nSPS) is 19.4. The minimum absolute atomic E-state index is 0.159. The van der Waals surface area contributed by atoms with Crippen LogP contribution in [-0.2, 0) is 6.18 Å². The van der Waals surface area contributed by atoms with Crippen LogP contribution in [0.4, 0.5) is 13.2 Å². The van der Waals surface area contributed by atoms with Gasteiger partial charge in [-0.1, -0.05) is 6.92 Å². The molecule has 1 aromatic rings. The van der Waals surface area contributed by atoms with Gasteiger partial charge in [-0.2, -0.15) is 17.9 Å².